The molecule has 0 saturated heterocycles. The van der Waals surface area contributed by atoms with Crippen LogP contribution < -0.4 is 5.73 Å². The molecule has 0 saturated carbocycles. The van der Waals surface area contributed by atoms with Crippen molar-refractivity contribution in [2.75, 3.05) is 14.1 Å². The lowest BCUT2D eigenvalue weighted by molar-refractivity contribution is 0.243. The molecule has 2 N–H and O–H groups in total. The molecule has 0 aliphatic heterocycles. The Hall–Kier alpha value is -1.32. The van der Waals surface area contributed by atoms with Gasteiger partial charge in [0.2, 0.25) is 0 Å². The Kier molecular flexibility index (Phi) is 3.46. The fourth-order valence-electron chi connectivity index (χ4n) is 2.33. The van der Waals surface area contributed by atoms with E-state index in [0.717, 1.165) is 12.0 Å². The van der Waals surface area contributed by atoms with Crippen LogP contribution in [0.4, 0.5) is 0 Å². The Morgan fingerprint density at radius 2 is 1.94 bits per heavy atom. The number of benzene rings is 1. The van der Waals surface area contributed by atoms with Crippen molar-refractivity contribution >= 4 is 11.0 Å². The quantitative estimate of drug-likeness (QED) is 0.901. The van der Waals surface area contributed by atoms with Gasteiger partial charge >= 0.3 is 0 Å². The maximum absolute atomic E-state index is 6.17. The first kappa shape index (κ1) is 13.1. The fourth-order valence-corrected chi connectivity index (χ4v) is 2.33. The fraction of sp³-hybridized carbons (Fsp3) is 0.467. The first-order chi connectivity index (χ1) is 8.38. The topological polar surface area (TPSA) is 42.4 Å². The molecule has 0 spiro atoms. The summed E-state index contributed by atoms with van der Waals surface area (Å²) in [4.78, 5) is 2.20. The summed E-state index contributed by atoms with van der Waals surface area (Å²) >= 11 is 0. The van der Waals surface area contributed by atoms with Crippen molar-refractivity contribution in [1.82, 2.24) is 4.90 Å². The third-order valence-corrected chi connectivity index (χ3v) is 3.21. The third kappa shape index (κ3) is 2.74. The first-order valence-corrected chi connectivity index (χ1v) is 6.30. The van der Waals surface area contributed by atoms with Gasteiger partial charge in [0.15, 0.2) is 0 Å². The average Bonchev–Trinajstić information content (AvgIpc) is 2.68. The van der Waals surface area contributed by atoms with Crippen molar-refractivity contribution in [3.8, 4) is 0 Å². The van der Waals surface area contributed by atoms with E-state index in [9.17, 15) is 0 Å². The highest BCUT2D eigenvalue weighted by Gasteiger charge is 2.25. The van der Waals surface area contributed by atoms with E-state index < -0.39 is 0 Å². The van der Waals surface area contributed by atoms with Gasteiger partial charge in [-0.05, 0) is 40.4 Å². The van der Waals surface area contributed by atoms with E-state index in [-0.39, 0.29) is 11.6 Å². The maximum atomic E-state index is 6.17. The molecule has 1 aromatic carbocycles. The van der Waals surface area contributed by atoms with Crippen LogP contribution in [0.25, 0.3) is 11.0 Å². The van der Waals surface area contributed by atoms with E-state index in [1.807, 2.05) is 24.5 Å². The Morgan fingerprint density at radius 1 is 1.28 bits per heavy atom. The monoisotopic (exact) mass is 246 g/mol. The molecule has 2 rings (SSSR count). The third-order valence-electron chi connectivity index (χ3n) is 3.21. The Morgan fingerprint density at radius 3 is 2.56 bits per heavy atom. The van der Waals surface area contributed by atoms with Crippen LogP contribution in [0.2, 0.25) is 0 Å². The largest absolute Gasteiger partial charge is 0.464 e. The van der Waals surface area contributed by atoms with Crippen molar-refractivity contribution in [1.29, 1.82) is 0 Å². The number of para-hydroxylation sites is 1. The second-order valence-corrected chi connectivity index (χ2v) is 5.86. The average molecular weight is 246 g/mol. The van der Waals surface area contributed by atoms with Crippen LogP contribution in [0, 0.1) is 0 Å². The van der Waals surface area contributed by atoms with Gasteiger partial charge in [0.05, 0.1) is 6.26 Å². The smallest absolute Gasteiger partial charge is 0.134 e. The molecule has 3 heteroatoms. The number of fused-ring (bicyclic) bond motifs is 1. The van der Waals surface area contributed by atoms with Crippen LogP contribution in [0.5, 0.6) is 0 Å². The van der Waals surface area contributed by atoms with Gasteiger partial charge in [0.25, 0.3) is 0 Å². The second kappa shape index (κ2) is 4.75. The molecule has 2 aromatic rings. The molecule has 1 atom stereocenters. The van der Waals surface area contributed by atoms with Crippen molar-refractivity contribution in [3.63, 3.8) is 0 Å². The zero-order valence-electron chi connectivity index (χ0n) is 11.6. The Labute approximate surface area is 109 Å². The normalized spacial score (nSPS) is 14.3. The molecule has 1 heterocycles. The molecule has 98 valence electrons. The van der Waals surface area contributed by atoms with E-state index in [1.165, 1.54) is 10.9 Å². The molecule has 1 unspecified atom stereocenters. The van der Waals surface area contributed by atoms with Gasteiger partial charge < -0.3 is 15.1 Å². The van der Waals surface area contributed by atoms with E-state index >= 15 is 0 Å². The number of rotatable bonds is 4. The van der Waals surface area contributed by atoms with E-state index in [4.69, 9.17) is 10.2 Å². The van der Waals surface area contributed by atoms with Crippen LogP contribution in [0.15, 0.2) is 34.9 Å². The highest BCUT2D eigenvalue weighted by atomic mass is 16.3. The predicted molar refractivity (Wildman–Crippen MR) is 75.5 cm³/mol. The summed E-state index contributed by atoms with van der Waals surface area (Å²) in [6, 6.07) is 8.41. The SMILES string of the molecule is CN(C)C(CC(C)(C)N)c1coc2ccccc12. The van der Waals surface area contributed by atoms with Gasteiger partial charge in [0, 0.05) is 22.5 Å². The predicted octanol–water partition coefficient (Wildman–Crippen LogP) is 3.16. The lowest BCUT2D eigenvalue weighted by Gasteiger charge is -2.30. The number of hydrogen-bond donors (Lipinski definition) is 1. The summed E-state index contributed by atoms with van der Waals surface area (Å²) in [5, 5.41) is 1.18. The molecule has 18 heavy (non-hydrogen) atoms. The zero-order chi connectivity index (χ0) is 13.3. The molecule has 3 nitrogen and oxygen atoms in total. The molecule has 0 bridgehead atoms. The highest BCUT2D eigenvalue weighted by molar-refractivity contribution is 5.81. The van der Waals surface area contributed by atoms with E-state index in [1.54, 1.807) is 0 Å². The first-order valence-electron chi connectivity index (χ1n) is 6.30. The minimum atomic E-state index is -0.201. The van der Waals surface area contributed by atoms with Crippen LogP contribution >= 0.6 is 0 Å². The number of furan rings is 1. The van der Waals surface area contributed by atoms with Gasteiger partial charge in [-0.2, -0.15) is 0 Å². The molecule has 0 amide bonds. The van der Waals surface area contributed by atoms with Crippen molar-refractivity contribution in [3.05, 3.63) is 36.1 Å². The number of hydrogen-bond acceptors (Lipinski definition) is 3. The minimum Gasteiger partial charge on any atom is -0.464 e. The molecular formula is C15H22N2O. The summed E-state index contributed by atoms with van der Waals surface area (Å²) in [6.45, 7) is 4.12. The van der Waals surface area contributed by atoms with Crippen molar-refractivity contribution in [2.45, 2.75) is 31.8 Å². The van der Waals surface area contributed by atoms with E-state index in [2.05, 4.69) is 38.9 Å². The lowest BCUT2D eigenvalue weighted by Crippen LogP contribution is -2.37. The summed E-state index contributed by atoms with van der Waals surface area (Å²) in [7, 11) is 4.16. The molecule has 0 aliphatic rings. The van der Waals surface area contributed by atoms with Crippen LogP contribution in [-0.2, 0) is 0 Å². The van der Waals surface area contributed by atoms with Crippen molar-refractivity contribution in [2.24, 2.45) is 5.73 Å². The summed E-state index contributed by atoms with van der Waals surface area (Å²) in [5.74, 6) is 0. The summed E-state index contributed by atoms with van der Waals surface area (Å²) < 4.78 is 5.63. The van der Waals surface area contributed by atoms with Gasteiger partial charge in [0.1, 0.15) is 5.58 Å². The number of nitrogens with zero attached hydrogens (tertiary/aromatic N) is 1. The standard InChI is InChI=1S/C15H22N2O/c1-15(2,16)9-13(17(3)4)12-10-18-14-8-6-5-7-11(12)14/h5-8,10,13H,9,16H2,1-4H3. The van der Waals surface area contributed by atoms with Gasteiger partial charge in [-0.15, -0.1) is 0 Å². The number of nitrogens with two attached hydrogens (primary N) is 1. The van der Waals surface area contributed by atoms with Crippen molar-refractivity contribution < 1.29 is 4.42 Å². The summed E-state index contributed by atoms with van der Waals surface area (Å²) in [6.07, 6.45) is 2.75. The van der Waals surface area contributed by atoms with Gasteiger partial charge in [-0.1, -0.05) is 18.2 Å². The highest BCUT2D eigenvalue weighted by Crippen LogP contribution is 2.33. The molecule has 1 aromatic heterocycles. The second-order valence-electron chi connectivity index (χ2n) is 5.86. The van der Waals surface area contributed by atoms with Gasteiger partial charge in [-0.25, -0.2) is 0 Å². The minimum absolute atomic E-state index is 0.201. The molecule has 0 aliphatic carbocycles. The Bertz CT molecular complexity index is 523. The molecule has 0 radical (unpaired) electrons. The van der Waals surface area contributed by atoms with Crippen LogP contribution in [0.3, 0.4) is 0 Å². The zero-order valence-corrected chi connectivity index (χ0v) is 11.6. The van der Waals surface area contributed by atoms with Crippen LogP contribution in [0.1, 0.15) is 31.9 Å². The van der Waals surface area contributed by atoms with E-state index in [0.29, 0.717) is 0 Å². The van der Waals surface area contributed by atoms with Gasteiger partial charge in [-0.3, -0.25) is 0 Å². The van der Waals surface area contributed by atoms with Crippen LogP contribution in [-0.4, -0.2) is 24.5 Å². The Balaban J connectivity index is 2.42. The molecule has 0 fully saturated rings. The summed E-state index contributed by atoms with van der Waals surface area (Å²) in [5.41, 5.74) is 8.12. The maximum Gasteiger partial charge on any atom is 0.134 e. The molecular weight excluding hydrogens is 224 g/mol. The lowest BCUT2D eigenvalue weighted by atomic mass is 9.91.